The minimum atomic E-state index is -3.00. The Morgan fingerprint density at radius 1 is 1.45 bits per heavy atom. The molecule has 6 nitrogen and oxygen atoms in total. The molecule has 110 valence electrons. The van der Waals surface area contributed by atoms with Crippen LogP contribution >= 0.6 is 22.9 Å². The van der Waals surface area contributed by atoms with Crippen molar-refractivity contribution in [1.82, 2.24) is 9.36 Å². The van der Waals surface area contributed by atoms with Gasteiger partial charge >= 0.3 is 0 Å². The molecule has 2 aromatic rings. The van der Waals surface area contributed by atoms with Gasteiger partial charge in [-0.25, -0.2) is 13.4 Å². The number of nitrogens with two attached hydrogens (primary N) is 1. The number of anilines is 2. The lowest BCUT2D eigenvalue weighted by Gasteiger charge is -2.17. The van der Waals surface area contributed by atoms with Gasteiger partial charge in [-0.1, -0.05) is 0 Å². The fourth-order valence-corrected chi connectivity index (χ4v) is 3.69. The molecule has 0 aliphatic heterocycles. The highest BCUT2D eigenvalue weighted by Crippen LogP contribution is 2.38. The van der Waals surface area contributed by atoms with Gasteiger partial charge in [0.05, 0.1) is 22.0 Å². The van der Waals surface area contributed by atoms with Gasteiger partial charge in [-0.05, 0) is 18.5 Å². The van der Waals surface area contributed by atoms with Crippen LogP contribution in [0.15, 0.2) is 5.38 Å². The highest BCUT2D eigenvalue weighted by atomic mass is 32.2. The van der Waals surface area contributed by atoms with Crippen molar-refractivity contribution in [3.05, 3.63) is 10.4 Å². The minimum Gasteiger partial charge on any atom is -0.382 e. The summed E-state index contributed by atoms with van der Waals surface area (Å²) in [7, 11) is -1.16. The predicted octanol–water partition coefficient (Wildman–Crippen LogP) is 1.64. The minimum absolute atomic E-state index is 0.0941. The molecule has 2 heterocycles. The number of aryl methyl sites for hydroxylation is 1. The Balaban J connectivity index is 2.29. The van der Waals surface area contributed by atoms with E-state index in [1.165, 1.54) is 17.8 Å². The molecule has 0 atom stereocenters. The zero-order valence-electron chi connectivity index (χ0n) is 11.5. The summed E-state index contributed by atoms with van der Waals surface area (Å²) in [6.45, 7) is 2.33. The van der Waals surface area contributed by atoms with Gasteiger partial charge in [-0.2, -0.15) is 4.37 Å². The smallest absolute Gasteiger partial charge is 0.149 e. The Morgan fingerprint density at radius 3 is 2.70 bits per heavy atom. The zero-order chi connectivity index (χ0) is 14.9. The molecular formula is C11H16N4O2S3. The number of rotatable bonds is 5. The van der Waals surface area contributed by atoms with Crippen molar-refractivity contribution >= 4 is 43.5 Å². The third-order valence-corrected chi connectivity index (χ3v) is 5.39. The largest absolute Gasteiger partial charge is 0.382 e. The maximum Gasteiger partial charge on any atom is 0.149 e. The SMILES string of the molecule is Cc1nc(-c2c(N)nsc2N(C)CCS(C)(=O)=O)cs1. The fraction of sp³-hybridized carbons (Fsp3) is 0.455. The molecule has 20 heavy (non-hydrogen) atoms. The molecular weight excluding hydrogens is 316 g/mol. The molecule has 2 N–H and O–H groups in total. The summed E-state index contributed by atoms with van der Waals surface area (Å²) >= 11 is 2.80. The number of nitrogens with zero attached hydrogens (tertiary/aromatic N) is 3. The van der Waals surface area contributed by atoms with Crippen LogP contribution in [0.25, 0.3) is 11.3 Å². The van der Waals surface area contributed by atoms with Crippen LogP contribution in [0.3, 0.4) is 0 Å². The van der Waals surface area contributed by atoms with Crippen LogP contribution in [0.5, 0.6) is 0 Å². The number of aromatic nitrogens is 2. The lowest BCUT2D eigenvalue weighted by molar-refractivity contribution is 0.601. The van der Waals surface area contributed by atoms with Crippen LogP contribution in [0.2, 0.25) is 0 Å². The van der Waals surface area contributed by atoms with Crippen molar-refractivity contribution in [3.8, 4) is 11.3 Å². The van der Waals surface area contributed by atoms with E-state index >= 15 is 0 Å². The summed E-state index contributed by atoms with van der Waals surface area (Å²) in [5, 5.41) is 3.73. The molecule has 0 bridgehead atoms. The Bertz CT molecular complexity index is 705. The molecule has 0 saturated heterocycles. The molecule has 0 aliphatic rings. The normalized spacial score (nSPS) is 11.8. The van der Waals surface area contributed by atoms with E-state index in [0.29, 0.717) is 12.4 Å². The van der Waals surface area contributed by atoms with E-state index in [4.69, 9.17) is 5.73 Å². The topological polar surface area (TPSA) is 89.2 Å². The molecule has 0 spiro atoms. The van der Waals surface area contributed by atoms with Crippen LogP contribution in [0, 0.1) is 6.92 Å². The predicted molar refractivity (Wildman–Crippen MR) is 85.4 cm³/mol. The lowest BCUT2D eigenvalue weighted by atomic mass is 10.2. The summed E-state index contributed by atoms with van der Waals surface area (Å²) in [6.07, 6.45) is 1.23. The fourth-order valence-electron chi connectivity index (χ4n) is 1.68. The van der Waals surface area contributed by atoms with Gasteiger partial charge < -0.3 is 10.6 Å². The Labute approximate surface area is 126 Å². The molecule has 0 fully saturated rings. The quantitative estimate of drug-likeness (QED) is 0.895. The van der Waals surface area contributed by atoms with E-state index in [2.05, 4.69) is 9.36 Å². The Hall–Kier alpha value is -1.19. The highest BCUT2D eigenvalue weighted by Gasteiger charge is 2.19. The average Bonchev–Trinajstić information content (AvgIpc) is 2.91. The van der Waals surface area contributed by atoms with Crippen molar-refractivity contribution in [3.63, 3.8) is 0 Å². The van der Waals surface area contributed by atoms with Crippen LogP contribution < -0.4 is 10.6 Å². The summed E-state index contributed by atoms with van der Waals surface area (Å²) in [4.78, 5) is 6.29. The van der Waals surface area contributed by atoms with Crippen molar-refractivity contribution in [1.29, 1.82) is 0 Å². The summed E-state index contributed by atoms with van der Waals surface area (Å²) in [5.74, 6) is 0.526. The molecule has 0 unspecified atom stereocenters. The first-order valence-electron chi connectivity index (χ1n) is 5.84. The molecule has 0 amide bonds. The van der Waals surface area contributed by atoms with Gasteiger partial charge in [0.15, 0.2) is 0 Å². The first-order chi connectivity index (χ1) is 9.28. The van der Waals surface area contributed by atoms with E-state index < -0.39 is 9.84 Å². The summed E-state index contributed by atoms with van der Waals surface area (Å²) in [6, 6.07) is 0. The molecule has 0 saturated carbocycles. The van der Waals surface area contributed by atoms with E-state index in [9.17, 15) is 8.42 Å². The molecule has 0 aliphatic carbocycles. The number of hydrogen-bond acceptors (Lipinski definition) is 8. The number of sulfone groups is 1. The first kappa shape index (κ1) is 15.2. The zero-order valence-corrected chi connectivity index (χ0v) is 13.9. The Morgan fingerprint density at radius 2 is 2.15 bits per heavy atom. The van der Waals surface area contributed by atoms with Crippen LogP contribution in [-0.2, 0) is 9.84 Å². The number of hydrogen-bond donors (Lipinski definition) is 1. The first-order valence-corrected chi connectivity index (χ1v) is 9.56. The van der Waals surface area contributed by atoms with Crippen molar-refractivity contribution < 1.29 is 8.42 Å². The average molecular weight is 332 g/mol. The second kappa shape index (κ2) is 5.66. The molecule has 2 rings (SSSR count). The molecule has 2 aromatic heterocycles. The van der Waals surface area contributed by atoms with Crippen LogP contribution in [-0.4, -0.2) is 43.4 Å². The number of nitrogen functional groups attached to an aromatic ring is 1. The standard InChI is InChI=1S/C11H16N4O2S3/c1-7-13-8(6-18-7)9-10(12)14-19-11(9)15(2)4-5-20(3,16)17/h6H,4-5H2,1-3H3,(H2,12,14). The van der Waals surface area contributed by atoms with Gasteiger partial charge in [0, 0.05) is 25.2 Å². The van der Waals surface area contributed by atoms with E-state index in [0.717, 1.165) is 21.3 Å². The monoisotopic (exact) mass is 332 g/mol. The summed E-state index contributed by atoms with van der Waals surface area (Å²) < 4.78 is 26.7. The third kappa shape index (κ3) is 3.47. The van der Waals surface area contributed by atoms with Gasteiger partial charge in [0.25, 0.3) is 0 Å². The maximum atomic E-state index is 11.3. The van der Waals surface area contributed by atoms with Crippen LogP contribution in [0.1, 0.15) is 5.01 Å². The van der Waals surface area contributed by atoms with Gasteiger partial charge in [0.1, 0.15) is 20.7 Å². The molecule has 0 aromatic carbocycles. The van der Waals surface area contributed by atoms with Crippen molar-refractivity contribution in [2.75, 3.05) is 36.2 Å². The van der Waals surface area contributed by atoms with E-state index in [-0.39, 0.29) is 5.75 Å². The van der Waals surface area contributed by atoms with Gasteiger partial charge in [-0.3, -0.25) is 0 Å². The van der Waals surface area contributed by atoms with Gasteiger partial charge in [-0.15, -0.1) is 11.3 Å². The summed E-state index contributed by atoms with van der Waals surface area (Å²) in [5.41, 5.74) is 7.50. The third-order valence-electron chi connectivity index (χ3n) is 2.72. The van der Waals surface area contributed by atoms with Crippen LogP contribution in [0.4, 0.5) is 10.8 Å². The lowest BCUT2D eigenvalue weighted by Crippen LogP contribution is -2.24. The highest BCUT2D eigenvalue weighted by molar-refractivity contribution is 7.90. The maximum absolute atomic E-state index is 11.3. The second-order valence-electron chi connectivity index (χ2n) is 4.55. The van der Waals surface area contributed by atoms with Crippen molar-refractivity contribution in [2.24, 2.45) is 0 Å². The van der Waals surface area contributed by atoms with E-state index in [1.54, 1.807) is 11.3 Å². The van der Waals surface area contributed by atoms with Crippen molar-refractivity contribution in [2.45, 2.75) is 6.92 Å². The van der Waals surface area contributed by atoms with E-state index in [1.807, 2.05) is 24.3 Å². The second-order valence-corrected chi connectivity index (χ2v) is 8.62. The molecule has 9 heteroatoms. The number of thiazole rings is 1. The Kier molecular flexibility index (Phi) is 4.31. The van der Waals surface area contributed by atoms with Gasteiger partial charge in [0.2, 0.25) is 0 Å². The molecule has 0 radical (unpaired) electrons.